The first-order chi connectivity index (χ1) is 11.8. The predicted molar refractivity (Wildman–Crippen MR) is 92.4 cm³/mol. The van der Waals surface area contributed by atoms with Crippen LogP contribution < -0.4 is 0 Å². The Morgan fingerprint density at radius 1 is 1.28 bits per heavy atom. The summed E-state index contributed by atoms with van der Waals surface area (Å²) in [5.41, 5.74) is 0. The van der Waals surface area contributed by atoms with Gasteiger partial charge in [0, 0.05) is 26.6 Å². The zero-order chi connectivity index (χ0) is 18.4. The van der Waals surface area contributed by atoms with Crippen LogP contribution in [0.25, 0.3) is 0 Å². The Balaban J connectivity index is 1.95. The number of carboxylic acids is 1. The predicted octanol–water partition coefficient (Wildman–Crippen LogP) is 1.41. The minimum atomic E-state index is -3.70. The SMILES string of the molecule is CN(CC(=O)N1CCCC(CCC(=O)O)C1)S(=O)(=O)c1ccccc1. The van der Waals surface area contributed by atoms with Crippen LogP contribution in [0.2, 0.25) is 0 Å². The second-order valence-electron chi connectivity index (χ2n) is 6.35. The number of carboxylic acid groups (broad SMARTS) is 1. The van der Waals surface area contributed by atoms with E-state index in [2.05, 4.69) is 0 Å². The van der Waals surface area contributed by atoms with Gasteiger partial charge < -0.3 is 10.0 Å². The maximum absolute atomic E-state index is 12.5. The topological polar surface area (TPSA) is 95.0 Å². The van der Waals surface area contributed by atoms with Crippen molar-refractivity contribution in [3.05, 3.63) is 30.3 Å². The molecule has 1 heterocycles. The molecule has 1 fully saturated rings. The summed E-state index contributed by atoms with van der Waals surface area (Å²) in [5, 5.41) is 8.78. The number of piperidine rings is 1. The number of amides is 1. The Bertz CT molecular complexity index is 705. The fourth-order valence-corrected chi connectivity index (χ4v) is 4.14. The summed E-state index contributed by atoms with van der Waals surface area (Å²) in [4.78, 5) is 25.0. The Kier molecular flexibility index (Phi) is 6.55. The van der Waals surface area contributed by atoms with E-state index in [1.807, 2.05) is 0 Å². The van der Waals surface area contributed by atoms with E-state index >= 15 is 0 Å². The Labute approximate surface area is 148 Å². The molecule has 1 aromatic carbocycles. The highest BCUT2D eigenvalue weighted by atomic mass is 32.2. The molecule has 0 saturated carbocycles. The lowest BCUT2D eigenvalue weighted by atomic mass is 9.93. The van der Waals surface area contributed by atoms with Crippen LogP contribution in [0.5, 0.6) is 0 Å². The fourth-order valence-electron chi connectivity index (χ4n) is 3.00. The zero-order valence-electron chi connectivity index (χ0n) is 14.3. The summed E-state index contributed by atoms with van der Waals surface area (Å²) in [6.07, 6.45) is 2.34. The zero-order valence-corrected chi connectivity index (χ0v) is 15.1. The molecule has 0 bridgehead atoms. The molecule has 1 aliphatic heterocycles. The normalized spacial score (nSPS) is 18.3. The van der Waals surface area contributed by atoms with Gasteiger partial charge in [-0.15, -0.1) is 0 Å². The number of carbonyl (C=O) groups excluding carboxylic acids is 1. The van der Waals surface area contributed by atoms with Gasteiger partial charge in [0.2, 0.25) is 15.9 Å². The molecule has 25 heavy (non-hydrogen) atoms. The number of benzene rings is 1. The number of rotatable bonds is 7. The monoisotopic (exact) mass is 368 g/mol. The second-order valence-corrected chi connectivity index (χ2v) is 8.40. The van der Waals surface area contributed by atoms with E-state index in [9.17, 15) is 18.0 Å². The molecule has 1 amide bonds. The average molecular weight is 368 g/mol. The third-order valence-electron chi connectivity index (χ3n) is 4.45. The highest BCUT2D eigenvalue weighted by Crippen LogP contribution is 2.21. The highest BCUT2D eigenvalue weighted by Gasteiger charge is 2.28. The van der Waals surface area contributed by atoms with E-state index < -0.39 is 16.0 Å². The van der Waals surface area contributed by atoms with E-state index in [1.54, 1.807) is 23.1 Å². The molecular formula is C17H24N2O5S. The van der Waals surface area contributed by atoms with Crippen molar-refractivity contribution in [2.24, 2.45) is 5.92 Å². The third kappa shape index (κ3) is 5.27. The molecule has 8 heteroatoms. The molecule has 0 aliphatic carbocycles. The van der Waals surface area contributed by atoms with E-state index in [1.165, 1.54) is 19.2 Å². The van der Waals surface area contributed by atoms with Crippen molar-refractivity contribution in [3.8, 4) is 0 Å². The smallest absolute Gasteiger partial charge is 0.303 e. The Morgan fingerprint density at radius 2 is 1.96 bits per heavy atom. The molecule has 7 nitrogen and oxygen atoms in total. The lowest BCUT2D eigenvalue weighted by Crippen LogP contribution is -2.45. The molecule has 0 spiro atoms. The van der Waals surface area contributed by atoms with Crippen molar-refractivity contribution in [2.45, 2.75) is 30.6 Å². The summed E-state index contributed by atoms with van der Waals surface area (Å²) in [7, 11) is -2.30. The van der Waals surface area contributed by atoms with Crippen LogP contribution in [-0.4, -0.2) is 61.3 Å². The first-order valence-corrected chi connectivity index (χ1v) is 9.75. The first kappa shape index (κ1) is 19.4. The van der Waals surface area contributed by atoms with Gasteiger partial charge in [-0.2, -0.15) is 4.31 Å². The maximum atomic E-state index is 12.5. The van der Waals surface area contributed by atoms with Crippen LogP contribution in [0.3, 0.4) is 0 Å². The van der Waals surface area contributed by atoms with Crippen LogP contribution in [0.15, 0.2) is 35.2 Å². The number of aliphatic carboxylic acids is 1. The Morgan fingerprint density at radius 3 is 2.60 bits per heavy atom. The van der Waals surface area contributed by atoms with E-state index in [-0.39, 0.29) is 29.7 Å². The van der Waals surface area contributed by atoms with Gasteiger partial charge in [0.05, 0.1) is 11.4 Å². The molecule has 0 radical (unpaired) electrons. The van der Waals surface area contributed by atoms with Crippen molar-refractivity contribution in [2.75, 3.05) is 26.7 Å². The lowest BCUT2D eigenvalue weighted by Gasteiger charge is -2.33. The quantitative estimate of drug-likeness (QED) is 0.785. The number of carbonyl (C=O) groups is 2. The van der Waals surface area contributed by atoms with Gasteiger partial charge in [-0.1, -0.05) is 18.2 Å². The molecular weight excluding hydrogens is 344 g/mol. The standard InChI is InChI=1S/C17H24N2O5S/c1-18(25(23,24)15-7-3-2-4-8-15)13-16(20)19-11-5-6-14(12-19)9-10-17(21)22/h2-4,7-8,14H,5-6,9-13H2,1H3,(H,21,22). The molecule has 1 saturated heterocycles. The van der Waals surface area contributed by atoms with Crippen molar-refractivity contribution in [3.63, 3.8) is 0 Å². The fraction of sp³-hybridized carbons (Fsp3) is 0.529. The van der Waals surface area contributed by atoms with Crippen molar-refractivity contribution in [1.82, 2.24) is 9.21 Å². The molecule has 1 N–H and O–H groups in total. The minimum Gasteiger partial charge on any atom is -0.481 e. The number of hydrogen-bond donors (Lipinski definition) is 1. The molecule has 2 rings (SSSR count). The number of likely N-dealkylation sites (N-methyl/N-ethyl adjacent to an activating group) is 1. The molecule has 1 unspecified atom stereocenters. The van der Waals surface area contributed by atoms with Crippen molar-refractivity contribution >= 4 is 21.9 Å². The van der Waals surface area contributed by atoms with Crippen molar-refractivity contribution < 1.29 is 23.1 Å². The van der Waals surface area contributed by atoms with Crippen LogP contribution in [0.1, 0.15) is 25.7 Å². The lowest BCUT2D eigenvalue weighted by molar-refractivity contribution is -0.137. The summed E-state index contributed by atoms with van der Waals surface area (Å²) in [6.45, 7) is 0.857. The molecule has 0 aromatic heterocycles. The average Bonchev–Trinajstić information content (AvgIpc) is 2.60. The van der Waals surface area contributed by atoms with Gasteiger partial charge in [-0.05, 0) is 37.3 Å². The number of sulfonamides is 1. The summed E-state index contributed by atoms with van der Waals surface area (Å²) >= 11 is 0. The largest absolute Gasteiger partial charge is 0.481 e. The summed E-state index contributed by atoms with van der Waals surface area (Å²) < 4.78 is 26.0. The second kappa shape index (κ2) is 8.44. The van der Waals surface area contributed by atoms with E-state index in [0.717, 1.165) is 17.1 Å². The summed E-state index contributed by atoms with van der Waals surface area (Å²) in [6, 6.07) is 8.01. The highest BCUT2D eigenvalue weighted by molar-refractivity contribution is 7.89. The van der Waals surface area contributed by atoms with Gasteiger partial charge in [-0.25, -0.2) is 8.42 Å². The molecule has 138 valence electrons. The molecule has 1 aromatic rings. The molecule has 1 atom stereocenters. The van der Waals surface area contributed by atoms with Crippen LogP contribution >= 0.6 is 0 Å². The van der Waals surface area contributed by atoms with E-state index in [4.69, 9.17) is 5.11 Å². The van der Waals surface area contributed by atoms with E-state index in [0.29, 0.717) is 19.5 Å². The van der Waals surface area contributed by atoms with Gasteiger partial charge in [0.1, 0.15) is 0 Å². The van der Waals surface area contributed by atoms with Crippen molar-refractivity contribution in [1.29, 1.82) is 0 Å². The third-order valence-corrected chi connectivity index (χ3v) is 6.27. The maximum Gasteiger partial charge on any atom is 0.303 e. The molecule has 1 aliphatic rings. The summed E-state index contributed by atoms with van der Waals surface area (Å²) in [5.74, 6) is -0.927. The van der Waals surface area contributed by atoms with Crippen LogP contribution in [0, 0.1) is 5.92 Å². The van der Waals surface area contributed by atoms with Gasteiger partial charge in [0.25, 0.3) is 0 Å². The van der Waals surface area contributed by atoms with Gasteiger partial charge in [0.15, 0.2) is 0 Å². The van der Waals surface area contributed by atoms with Crippen LogP contribution in [0.4, 0.5) is 0 Å². The minimum absolute atomic E-state index is 0.0922. The van der Waals surface area contributed by atoms with Crippen LogP contribution in [-0.2, 0) is 19.6 Å². The van der Waals surface area contributed by atoms with Gasteiger partial charge in [-0.3, -0.25) is 9.59 Å². The number of likely N-dealkylation sites (tertiary alicyclic amines) is 1. The Hall–Kier alpha value is -1.93. The first-order valence-electron chi connectivity index (χ1n) is 8.31. The number of hydrogen-bond acceptors (Lipinski definition) is 4. The number of nitrogens with zero attached hydrogens (tertiary/aromatic N) is 2. The van der Waals surface area contributed by atoms with Gasteiger partial charge >= 0.3 is 5.97 Å².